The fourth-order valence-electron chi connectivity index (χ4n) is 1.54. The van der Waals surface area contributed by atoms with Gasteiger partial charge in [0.2, 0.25) is 0 Å². The molecule has 3 nitrogen and oxygen atoms in total. The lowest BCUT2D eigenvalue weighted by Gasteiger charge is -2.15. The zero-order valence-corrected chi connectivity index (χ0v) is 11.2. The lowest BCUT2D eigenvalue weighted by Crippen LogP contribution is -2.14. The largest absolute Gasteiger partial charge is 0.489 e. The summed E-state index contributed by atoms with van der Waals surface area (Å²) >= 11 is 0. The number of hydrogen-bond donors (Lipinski definition) is 1. The standard InChI is InChI=1S/C15H20O3/c1-12-6-7-15(14(11-12)5-4-9-16)18-13(2)8-10-17-3/h6-7,11,13,16H,8-10H2,1-3H3. The maximum atomic E-state index is 8.75. The first-order valence-corrected chi connectivity index (χ1v) is 6.03. The van der Waals surface area contributed by atoms with Crippen molar-refractivity contribution in [3.63, 3.8) is 0 Å². The zero-order chi connectivity index (χ0) is 13.4. The Hall–Kier alpha value is -1.50. The summed E-state index contributed by atoms with van der Waals surface area (Å²) in [5, 5.41) is 8.75. The van der Waals surface area contributed by atoms with Gasteiger partial charge in [0.05, 0.1) is 11.7 Å². The summed E-state index contributed by atoms with van der Waals surface area (Å²) in [5.41, 5.74) is 1.93. The topological polar surface area (TPSA) is 38.7 Å². The summed E-state index contributed by atoms with van der Waals surface area (Å²) < 4.78 is 10.9. The van der Waals surface area contributed by atoms with Crippen LogP contribution in [0.5, 0.6) is 5.75 Å². The fourth-order valence-corrected chi connectivity index (χ4v) is 1.54. The Morgan fingerprint density at radius 2 is 2.17 bits per heavy atom. The van der Waals surface area contributed by atoms with E-state index in [2.05, 4.69) is 11.8 Å². The Labute approximate surface area is 109 Å². The summed E-state index contributed by atoms with van der Waals surface area (Å²) in [5.74, 6) is 6.31. The van der Waals surface area contributed by atoms with E-state index in [0.717, 1.165) is 23.3 Å². The van der Waals surface area contributed by atoms with Gasteiger partial charge in [0.1, 0.15) is 12.4 Å². The van der Waals surface area contributed by atoms with Crippen LogP contribution >= 0.6 is 0 Å². The second-order valence-electron chi connectivity index (χ2n) is 4.17. The number of methoxy groups -OCH3 is 1. The van der Waals surface area contributed by atoms with Gasteiger partial charge >= 0.3 is 0 Å². The minimum atomic E-state index is -0.146. The molecule has 0 radical (unpaired) electrons. The van der Waals surface area contributed by atoms with E-state index in [1.807, 2.05) is 32.0 Å². The molecule has 1 aromatic rings. The lowest BCUT2D eigenvalue weighted by molar-refractivity contribution is 0.135. The third-order valence-electron chi connectivity index (χ3n) is 2.49. The summed E-state index contributed by atoms with van der Waals surface area (Å²) in [7, 11) is 1.68. The molecule has 0 saturated carbocycles. The molecule has 0 aromatic heterocycles. The van der Waals surface area contributed by atoms with E-state index in [0.29, 0.717) is 6.61 Å². The number of ether oxygens (including phenoxy) is 2. The molecule has 3 heteroatoms. The van der Waals surface area contributed by atoms with Gasteiger partial charge < -0.3 is 14.6 Å². The van der Waals surface area contributed by atoms with Gasteiger partial charge in [-0.15, -0.1) is 0 Å². The molecule has 0 spiro atoms. The number of rotatable bonds is 5. The summed E-state index contributed by atoms with van der Waals surface area (Å²) in [6.07, 6.45) is 0.902. The molecular formula is C15H20O3. The van der Waals surface area contributed by atoms with Crippen LogP contribution in [-0.2, 0) is 4.74 Å². The van der Waals surface area contributed by atoms with Crippen LogP contribution in [0.3, 0.4) is 0 Å². The van der Waals surface area contributed by atoms with Gasteiger partial charge in [0, 0.05) is 20.1 Å². The van der Waals surface area contributed by atoms with Crippen LogP contribution in [-0.4, -0.2) is 31.5 Å². The van der Waals surface area contributed by atoms with Crippen molar-refractivity contribution in [3.8, 4) is 17.6 Å². The summed E-state index contributed by atoms with van der Waals surface area (Å²) in [4.78, 5) is 0. The van der Waals surface area contributed by atoms with Crippen LogP contribution in [0, 0.1) is 18.8 Å². The third-order valence-corrected chi connectivity index (χ3v) is 2.49. The quantitative estimate of drug-likeness (QED) is 0.811. The Bertz CT molecular complexity index is 429. The normalized spacial score (nSPS) is 11.6. The van der Waals surface area contributed by atoms with Crippen LogP contribution in [0.15, 0.2) is 18.2 Å². The number of aliphatic hydroxyl groups is 1. The highest BCUT2D eigenvalue weighted by atomic mass is 16.5. The van der Waals surface area contributed by atoms with Crippen molar-refractivity contribution < 1.29 is 14.6 Å². The molecule has 0 bridgehead atoms. The van der Waals surface area contributed by atoms with Crippen LogP contribution in [0.4, 0.5) is 0 Å². The third kappa shape index (κ3) is 4.79. The first-order chi connectivity index (χ1) is 8.67. The number of hydrogen-bond acceptors (Lipinski definition) is 3. The second kappa shape index (κ2) is 7.75. The molecule has 0 aliphatic heterocycles. The lowest BCUT2D eigenvalue weighted by atomic mass is 10.1. The van der Waals surface area contributed by atoms with Gasteiger partial charge in [-0.3, -0.25) is 0 Å². The minimum absolute atomic E-state index is 0.0716. The van der Waals surface area contributed by atoms with E-state index in [1.165, 1.54) is 0 Å². The van der Waals surface area contributed by atoms with E-state index in [4.69, 9.17) is 14.6 Å². The van der Waals surface area contributed by atoms with Crippen molar-refractivity contribution in [1.29, 1.82) is 0 Å². The molecular weight excluding hydrogens is 228 g/mol. The van der Waals surface area contributed by atoms with E-state index in [9.17, 15) is 0 Å². The molecule has 0 aliphatic carbocycles. The van der Waals surface area contributed by atoms with Crippen LogP contribution in [0.2, 0.25) is 0 Å². The molecule has 98 valence electrons. The van der Waals surface area contributed by atoms with Gasteiger partial charge in [-0.1, -0.05) is 17.9 Å². The minimum Gasteiger partial charge on any atom is -0.489 e. The van der Waals surface area contributed by atoms with Gasteiger partial charge in [-0.2, -0.15) is 0 Å². The highest BCUT2D eigenvalue weighted by molar-refractivity contribution is 5.48. The summed E-state index contributed by atoms with van der Waals surface area (Å²) in [6.45, 7) is 4.53. The van der Waals surface area contributed by atoms with Crippen molar-refractivity contribution >= 4 is 0 Å². The first-order valence-electron chi connectivity index (χ1n) is 6.03. The van der Waals surface area contributed by atoms with Crippen LogP contribution in [0.25, 0.3) is 0 Å². The highest BCUT2D eigenvalue weighted by Crippen LogP contribution is 2.21. The molecule has 0 amide bonds. The highest BCUT2D eigenvalue weighted by Gasteiger charge is 2.07. The Morgan fingerprint density at radius 3 is 2.83 bits per heavy atom. The Balaban J connectivity index is 2.80. The SMILES string of the molecule is COCCC(C)Oc1ccc(C)cc1C#CCO. The maximum absolute atomic E-state index is 8.75. The molecule has 0 heterocycles. The van der Waals surface area contributed by atoms with Crippen LogP contribution < -0.4 is 4.74 Å². The van der Waals surface area contributed by atoms with Gasteiger partial charge in [-0.25, -0.2) is 0 Å². The molecule has 18 heavy (non-hydrogen) atoms. The van der Waals surface area contributed by atoms with Gasteiger partial charge in [-0.05, 0) is 31.5 Å². The summed E-state index contributed by atoms with van der Waals surface area (Å²) in [6, 6.07) is 5.86. The Morgan fingerprint density at radius 1 is 1.39 bits per heavy atom. The zero-order valence-electron chi connectivity index (χ0n) is 11.2. The monoisotopic (exact) mass is 248 g/mol. The van der Waals surface area contributed by atoms with Crippen molar-refractivity contribution in [2.24, 2.45) is 0 Å². The predicted molar refractivity (Wildman–Crippen MR) is 71.7 cm³/mol. The van der Waals surface area contributed by atoms with Crippen molar-refractivity contribution in [2.45, 2.75) is 26.4 Å². The number of benzene rings is 1. The molecule has 1 rings (SSSR count). The van der Waals surface area contributed by atoms with E-state index >= 15 is 0 Å². The molecule has 0 saturated heterocycles. The molecule has 1 N–H and O–H groups in total. The van der Waals surface area contributed by atoms with Gasteiger partial charge in [0.25, 0.3) is 0 Å². The van der Waals surface area contributed by atoms with Crippen molar-refractivity contribution in [2.75, 3.05) is 20.3 Å². The fraction of sp³-hybridized carbons (Fsp3) is 0.467. The van der Waals surface area contributed by atoms with Crippen molar-refractivity contribution in [3.05, 3.63) is 29.3 Å². The van der Waals surface area contributed by atoms with E-state index in [1.54, 1.807) is 7.11 Å². The Kier molecular flexibility index (Phi) is 6.27. The smallest absolute Gasteiger partial charge is 0.135 e. The number of aryl methyl sites for hydroxylation is 1. The molecule has 0 aliphatic rings. The van der Waals surface area contributed by atoms with Gasteiger partial charge in [0.15, 0.2) is 0 Å². The average molecular weight is 248 g/mol. The second-order valence-corrected chi connectivity index (χ2v) is 4.17. The van der Waals surface area contributed by atoms with E-state index in [-0.39, 0.29) is 12.7 Å². The molecule has 1 atom stereocenters. The first kappa shape index (κ1) is 14.6. The average Bonchev–Trinajstić information content (AvgIpc) is 2.36. The predicted octanol–water partition coefficient (Wildman–Crippen LogP) is 2.14. The van der Waals surface area contributed by atoms with Crippen LogP contribution in [0.1, 0.15) is 24.5 Å². The van der Waals surface area contributed by atoms with Crippen molar-refractivity contribution in [1.82, 2.24) is 0 Å². The molecule has 1 aromatic carbocycles. The van der Waals surface area contributed by atoms with E-state index < -0.39 is 0 Å². The number of aliphatic hydroxyl groups excluding tert-OH is 1. The molecule has 1 unspecified atom stereocenters. The maximum Gasteiger partial charge on any atom is 0.135 e. The molecule has 0 fully saturated rings.